The van der Waals surface area contributed by atoms with Gasteiger partial charge in [0.25, 0.3) is 16.0 Å². The van der Waals surface area contributed by atoms with E-state index in [2.05, 4.69) is 19.7 Å². The number of amides is 1. The van der Waals surface area contributed by atoms with E-state index in [1.165, 1.54) is 12.1 Å². The van der Waals surface area contributed by atoms with Gasteiger partial charge in [-0.2, -0.15) is 8.42 Å². The zero-order valence-corrected chi connectivity index (χ0v) is 19.7. The summed E-state index contributed by atoms with van der Waals surface area (Å²) in [7, 11) is -4.66. The summed E-state index contributed by atoms with van der Waals surface area (Å²) in [5.74, 6) is 0.144. The monoisotopic (exact) mass is 500 g/mol. The smallest absolute Gasteiger partial charge is 0.298 e. The van der Waals surface area contributed by atoms with Gasteiger partial charge in [-0.15, -0.1) is 4.33 Å². The average Bonchev–Trinajstić information content (AvgIpc) is 2.76. The Labute approximate surface area is 195 Å². The molecule has 2 aromatic rings. The van der Waals surface area contributed by atoms with E-state index in [0.29, 0.717) is 52.8 Å². The van der Waals surface area contributed by atoms with Crippen molar-refractivity contribution in [3.05, 3.63) is 36.4 Å². The molecule has 0 saturated heterocycles. The number of hydrogen-bond acceptors (Lipinski definition) is 10. The number of likely N-dealkylation sites (N-methyl/N-ethyl adjacent to an activating group) is 1. The van der Waals surface area contributed by atoms with Crippen LogP contribution < -0.4 is 14.8 Å². The highest BCUT2D eigenvalue weighted by Gasteiger charge is 2.20. The number of aliphatic imine (C=N–C) groups is 1. The molecule has 0 fully saturated rings. The van der Waals surface area contributed by atoms with Crippen molar-refractivity contribution in [3.8, 4) is 22.6 Å². The highest BCUT2D eigenvalue weighted by molar-refractivity contribution is 7.94. The van der Waals surface area contributed by atoms with Crippen molar-refractivity contribution in [3.63, 3.8) is 0 Å². The van der Waals surface area contributed by atoms with Gasteiger partial charge in [0.1, 0.15) is 16.4 Å². The topological polar surface area (TPSA) is 153 Å². The van der Waals surface area contributed by atoms with Gasteiger partial charge in [-0.05, 0) is 49.2 Å². The third kappa shape index (κ3) is 7.99. The first-order valence-electron chi connectivity index (χ1n) is 9.68. The van der Waals surface area contributed by atoms with Gasteiger partial charge < -0.3 is 14.8 Å². The molecule has 11 nitrogen and oxygen atoms in total. The Hall–Kier alpha value is -2.68. The molecule has 2 rings (SSSR count). The highest BCUT2D eigenvalue weighted by Crippen LogP contribution is 2.36. The first-order chi connectivity index (χ1) is 15.7. The molecule has 0 aliphatic heterocycles. The molecule has 0 unspecified atom stereocenters. The summed E-state index contributed by atoms with van der Waals surface area (Å²) in [5, 5.41) is 14.7. The normalized spacial score (nSPS) is 11.8. The minimum Gasteiger partial charge on any atom is -0.482 e. The van der Waals surface area contributed by atoms with Gasteiger partial charge >= 0.3 is 0 Å². The third-order valence-corrected chi connectivity index (χ3v) is 5.53. The second-order valence-electron chi connectivity index (χ2n) is 6.36. The van der Waals surface area contributed by atoms with Crippen LogP contribution in [0.1, 0.15) is 20.8 Å². The fourth-order valence-electron chi connectivity index (χ4n) is 2.70. The van der Waals surface area contributed by atoms with Crippen LogP contribution in [0, 0.1) is 0 Å². The van der Waals surface area contributed by atoms with E-state index in [9.17, 15) is 17.8 Å². The number of hydrogen-bond donors (Lipinski definition) is 3. The molecular formula is C20H24N2O9S2. The second-order valence-corrected chi connectivity index (χ2v) is 8.49. The van der Waals surface area contributed by atoms with E-state index in [4.69, 9.17) is 14.7 Å². The molecule has 0 bridgehead atoms. The Balaban J connectivity index is 2.43. The van der Waals surface area contributed by atoms with Crippen molar-refractivity contribution >= 4 is 34.0 Å². The molecule has 0 aromatic heterocycles. The second kappa shape index (κ2) is 12.5. The lowest BCUT2D eigenvalue weighted by molar-refractivity contribution is -0.432. The number of carbonyl (C=O) groups is 1. The molecular weight excluding hydrogens is 476 g/mol. The number of rotatable bonds is 11. The summed E-state index contributed by atoms with van der Waals surface area (Å²) in [6, 6.07) is 8.94. The van der Waals surface area contributed by atoms with E-state index in [0.717, 1.165) is 0 Å². The van der Waals surface area contributed by atoms with E-state index in [1.54, 1.807) is 38.1 Å². The third-order valence-electron chi connectivity index (χ3n) is 4.02. The molecule has 0 spiro atoms. The largest absolute Gasteiger partial charge is 0.482 e. The van der Waals surface area contributed by atoms with Crippen molar-refractivity contribution in [2.75, 3.05) is 19.7 Å². The van der Waals surface area contributed by atoms with Crippen molar-refractivity contribution < 1.29 is 41.9 Å². The number of nitrogens with one attached hydrogen (secondary N) is 1. The SMILES string of the molecule is CCN=C(C)Oc1ccc(-c2ccc(OCC(=O)NCC)c(S(=O)(=O)O)c2)cc1SOOO. The maximum atomic E-state index is 11.9. The average molecular weight is 501 g/mol. The highest BCUT2D eigenvalue weighted by atomic mass is 32.2. The fraction of sp³-hybridized carbons (Fsp3) is 0.300. The van der Waals surface area contributed by atoms with E-state index in [-0.39, 0.29) is 5.75 Å². The zero-order chi connectivity index (χ0) is 24.4. The van der Waals surface area contributed by atoms with Gasteiger partial charge in [0.05, 0.1) is 16.9 Å². The van der Waals surface area contributed by atoms with Gasteiger partial charge in [0.2, 0.25) is 0 Å². The van der Waals surface area contributed by atoms with Crippen LogP contribution in [0.5, 0.6) is 11.5 Å². The summed E-state index contributed by atoms with van der Waals surface area (Å²) in [5.41, 5.74) is 0.932. The van der Waals surface area contributed by atoms with Crippen LogP contribution >= 0.6 is 12.0 Å². The molecule has 0 saturated carbocycles. The van der Waals surface area contributed by atoms with Crippen molar-refractivity contribution in [1.82, 2.24) is 5.32 Å². The molecule has 33 heavy (non-hydrogen) atoms. The van der Waals surface area contributed by atoms with Gasteiger partial charge in [-0.3, -0.25) is 14.3 Å². The lowest BCUT2D eigenvalue weighted by Gasteiger charge is -2.13. The molecule has 0 radical (unpaired) electrons. The predicted octanol–water partition coefficient (Wildman–Crippen LogP) is 3.36. The van der Waals surface area contributed by atoms with E-state index < -0.39 is 27.5 Å². The molecule has 1 amide bonds. The summed E-state index contributed by atoms with van der Waals surface area (Å²) in [6.07, 6.45) is 0. The lowest BCUT2D eigenvalue weighted by atomic mass is 10.1. The molecule has 0 heterocycles. The standard InChI is InChI=1S/C20H24N2O9S2/c1-4-21-13(3)29-16-8-6-14(10-18(16)32-31-30-24)15-7-9-17(19(11-15)33(25,26)27)28-12-20(23)22-5-2/h6-11,24H,4-5,12H2,1-3H3,(H,22,23)(H,25,26,27). The number of carbonyl (C=O) groups excluding carboxylic acids is 1. The van der Waals surface area contributed by atoms with Crippen LogP contribution in [0.15, 0.2) is 51.2 Å². The van der Waals surface area contributed by atoms with Gasteiger partial charge in [-0.25, -0.2) is 5.26 Å². The predicted molar refractivity (Wildman–Crippen MR) is 121 cm³/mol. The maximum Gasteiger partial charge on any atom is 0.298 e. The van der Waals surface area contributed by atoms with Crippen LogP contribution in [-0.4, -0.2) is 49.7 Å². The lowest BCUT2D eigenvalue weighted by Crippen LogP contribution is -2.28. The molecule has 3 N–H and O–H groups in total. The number of nitrogens with zero attached hydrogens (tertiary/aromatic N) is 1. The maximum absolute atomic E-state index is 11.9. The van der Waals surface area contributed by atoms with Crippen LogP contribution in [0.3, 0.4) is 0 Å². The zero-order valence-electron chi connectivity index (χ0n) is 18.1. The minimum absolute atomic E-state index is 0.175. The Morgan fingerprint density at radius 3 is 2.39 bits per heavy atom. The van der Waals surface area contributed by atoms with Gasteiger partial charge in [0.15, 0.2) is 12.5 Å². The number of benzene rings is 2. The minimum atomic E-state index is -4.66. The molecule has 0 atom stereocenters. The molecule has 2 aromatic carbocycles. The van der Waals surface area contributed by atoms with E-state index >= 15 is 0 Å². The molecule has 180 valence electrons. The number of ether oxygens (including phenoxy) is 2. The van der Waals surface area contributed by atoms with Gasteiger partial charge in [-0.1, -0.05) is 17.2 Å². The van der Waals surface area contributed by atoms with Gasteiger partial charge in [0, 0.05) is 20.0 Å². The Morgan fingerprint density at radius 2 is 1.79 bits per heavy atom. The van der Waals surface area contributed by atoms with Crippen molar-refractivity contribution in [2.24, 2.45) is 4.99 Å². The summed E-state index contributed by atoms with van der Waals surface area (Å²) in [6.45, 7) is 5.75. The van der Waals surface area contributed by atoms with Crippen molar-refractivity contribution in [1.29, 1.82) is 0 Å². The Bertz CT molecular complexity index is 1100. The first kappa shape index (κ1) is 26.6. The van der Waals surface area contributed by atoms with E-state index in [1.807, 2.05) is 6.92 Å². The first-order valence-corrected chi connectivity index (χ1v) is 11.9. The van der Waals surface area contributed by atoms with Crippen LogP contribution in [0.4, 0.5) is 0 Å². The molecule has 13 heteroatoms. The Kier molecular flexibility index (Phi) is 10.1. The Morgan fingerprint density at radius 1 is 1.12 bits per heavy atom. The molecule has 0 aliphatic carbocycles. The summed E-state index contributed by atoms with van der Waals surface area (Å²) in [4.78, 5) is 15.7. The van der Waals surface area contributed by atoms with Crippen LogP contribution in [0.2, 0.25) is 0 Å². The van der Waals surface area contributed by atoms with Crippen molar-refractivity contribution in [2.45, 2.75) is 30.6 Å². The molecule has 0 aliphatic rings. The quantitative estimate of drug-likeness (QED) is 0.104. The fourth-order valence-corrected chi connectivity index (χ4v) is 3.83. The van der Waals surface area contributed by atoms with Crippen LogP contribution in [0.25, 0.3) is 11.1 Å². The summed E-state index contributed by atoms with van der Waals surface area (Å²) >= 11 is 0.656. The van der Waals surface area contributed by atoms with Crippen LogP contribution in [-0.2, 0) is 24.3 Å². The summed E-state index contributed by atoms with van der Waals surface area (Å²) < 4.78 is 49.0.